The van der Waals surface area contributed by atoms with Crippen LogP contribution in [-0.2, 0) is 11.2 Å². The van der Waals surface area contributed by atoms with Crippen LogP contribution in [0.5, 0.6) is 0 Å². The maximum absolute atomic E-state index is 12.3. The molecule has 0 aromatic heterocycles. The highest BCUT2D eigenvalue weighted by molar-refractivity contribution is 9.10. The first-order valence-corrected chi connectivity index (χ1v) is 7.49. The third-order valence-electron chi connectivity index (χ3n) is 3.92. The Balaban J connectivity index is 1.95. The van der Waals surface area contributed by atoms with Crippen LogP contribution < -0.4 is 4.90 Å². The standard InChI is InChI=1S/C15H16BrNO2/c1-9(18)17-5-4-11-7-13(16)12(8-14(11)17)15(19)6-10-2-3-10/h7-8,10H,2-6H2,1H3. The number of Topliss-reactive ketones (excluding diaryl/α,β-unsaturated/α-hetero) is 1. The first-order valence-electron chi connectivity index (χ1n) is 6.70. The highest BCUT2D eigenvalue weighted by Gasteiger charge is 2.28. The molecule has 1 aliphatic heterocycles. The molecular formula is C15H16BrNO2. The summed E-state index contributed by atoms with van der Waals surface area (Å²) in [5.74, 6) is 0.811. The van der Waals surface area contributed by atoms with Crippen LogP contribution >= 0.6 is 15.9 Å². The minimum Gasteiger partial charge on any atom is -0.312 e. The molecule has 1 saturated carbocycles. The number of fused-ring (bicyclic) bond motifs is 1. The van der Waals surface area contributed by atoms with E-state index in [1.165, 1.54) is 12.8 Å². The molecule has 3 rings (SSSR count). The molecule has 0 radical (unpaired) electrons. The third-order valence-corrected chi connectivity index (χ3v) is 4.57. The van der Waals surface area contributed by atoms with Crippen LogP contribution in [0, 0.1) is 5.92 Å². The molecule has 3 nitrogen and oxygen atoms in total. The number of hydrogen-bond donors (Lipinski definition) is 0. The quantitative estimate of drug-likeness (QED) is 0.801. The van der Waals surface area contributed by atoms with E-state index in [4.69, 9.17) is 0 Å². The van der Waals surface area contributed by atoms with E-state index in [1.54, 1.807) is 11.8 Å². The van der Waals surface area contributed by atoms with Gasteiger partial charge in [-0.05, 0) is 42.9 Å². The van der Waals surface area contributed by atoms with Crippen LogP contribution in [0.2, 0.25) is 0 Å². The van der Waals surface area contributed by atoms with E-state index in [9.17, 15) is 9.59 Å². The Morgan fingerprint density at radius 1 is 1.37 bits per heavy atom. The molecule has 0 unspecified atom stereocenters. The molecule has 19 heavy (non-hydrogen) atoms. The Kier molecular flexibility index (Phi) is 3.21. The van der Waals surface area contributed by atoms with E-state index in [0.717, 1.165) is 34.3 Å². The van der Waals surface area contributed by atoms with Crippen LogP contribution in [-0.4, -0.2) is 18.2 Å². The van der Waals surface area contributed by atoms with Crippen molar-refractivity contribution in [3.05, 3.63) is 27.7 Å². The number of amides is 1. The Hall–Kier alpha value is -1.16. The molecule has 100 valence electrons. The summed E-state index contributed by atoms with van der Waals surface area (Å²) < 4.78 is 0.863. The molecule has 1 heterocycles. The van der Waals surface area contributed by atoms with E-state index in [2.05, 4.69) is 15.9 Å². The predicted molar refractivity (Wildman–Crippen MR) is 77.5 cm³/mol. The molecule has 4 heteroatoms. The van der Waals surface area contributed by atoms with Gasteiger partial charge >= 0.3 is 0 Å². The summed E-state index contributed by atoms with van der Waals surface area (Å²) >= 11 is 3.49. The SMILES string of the molecule is CC(=O)N1CCc2cc(Br)c(C(=O)CC3CC3)cc21. The van der Waals surface area contributed by atoms with Gasteiger partial charge in [0.15, 0.2) is 5.78 Å². The number of carbonyl (C=O) groups is 2. The summed E-state index contributed by atoms with van der Waals surface area (Å²) in [5, 5.41) is 0. The number of hydrogen-bond acceptors (Lipinski definition) is 2. The van der Waals surface area contributed by atoms with Gasteiger partial charge in [-0.15, -0.1) is 0 Å². The number of anilines is 1. The van der Waals surface area contributed by atoms with Gasteiger partial charge < -0.3 is 4.90 Å². The molecule has 2 aliphatic rings. The number of ketones is 1. The van der Waals surface area contributed by atoms with E-state index in [-0.39, 0.29) is 11.7 Å². The number of carbonyl (C=O) groups excluding carboxylic acids is 2. The molecule has 1 aliphatic carbocycles. The van der Waals surface area contributed by atoms with Crippen LogP contribution in [0.4, 0.5) is 5.69 Å². The monoisotopic (exact) mass is 321 g/mol. The molecular weight excluding hydrogens is 306 g/mol. The van der Waals surface area contributed by atoms with Crippen molar-refractivity contribution >= 4 is 33.3 Å². The molecule has 1 fully saturated rings. The van der Waals surface area contributed by atoms with Gasteiger partial charge in [0.25, 0.3) is 0 Å². The molecule has 0 spiro atoms. The lowest BCUT2D eigenvalue weighted by atomic mass is 10.0. The van der Waals surface area contributed by atoms with Gasteiger partial charge in [0.05, 0.1) is 0 Å². The van der Waals surface area contributed by atoms with Gasteiger partial charge in [0.2, 0.25) is 5.91 Å². The second-order valence-electron chi connectivity index (χ2n) is 5.45. The zero-order chi connectivity index (χ0) is 13.6. The fourth-order valence-corrected chi connectivity index (χ4v) is 3.25. The normalized spacial score (nSPS) is 17.5. The van der Waals surface area contributed by atoms with Gasteiger partial charge in [-0.1, -0.05) is 15.9 Å². The molecule has 1 amide bonds. The predicted octanol–water partition coefficient (Wildman–Crippen LogP) is 3.34. The van der Waals surface area contributed by atoms with Crippen molar-refractivity contribution in [1.29, 1.82) is 0 Å². The fourth-order valence-electron chi connectivity index (χ4n) is 2.64. The fraction of sp³-hybridized carbons (Fsp3) is 0.467. The van der Waals surface area contributed by atoms with E-state index in [1.807, 2.05) is 12.1 Å². The van der Waals surface area contributed by atoms with Gasteiger partial charge in [0.1, 0.15) is 0 Å². The topological polar surface area (TPSA) is 37.4 Å². The number of nitrogens with zero attached hydrogens (tertiary/aromatic N) is 1. The van der Waals surface area contributed by atoms with Crippen molar-refractivity contribution in [3.63, 3.8) is 0 Å². The lowest BCUT2D eigenvalue weighted by Gasteiger charge is -2.16. The zero-order valence-corrected chi connectivity index (χ0v) is 12.5. The lowest BCUT2D eigenvalue weighted by Crippen LogP contribution is -2.25. The van der Waals surface area contributed by atoms with Gasteiger partial charge in [-0.2, -0.15) is 0 Å². The summed E-state index contributed by atoms with van der Waals surface area (Å²) in [4.78, 5) is 25.6. The molecule has 1 aromatic rings. The second-order valence-corrected chi connectivity index (χ2v) is 6.31. The van der Waals surface area contributed by atoms with Crippen LogP contribution in [0.15, 0.2) is 16.6 Å². The number of halogens is 1. The van der Waals surface area contributed by atoms with Crippen molar-refractivity contribution in [3.8, 4) is 0 Å². The van der Waals surface area contributed by atoms with Crippen molar-refractivity contribution in [2.45, 2.75) is 32.6 Å². The first-order chi connectivity index (χ1) is 9.06. The average Bonchev–Trinajstić information content (AvgIpc) is 3.05. The minimum atomic E-state index is 0.0432. The summed E-state index contributed by atoms with van der Waals surface area (Å²) in [7, 11) is 0. The largest absolute Gasteiger partial charge is 0.312 e. The highest BCUT2D eigenvalue weighted by atomic mass is 79.9. The van der Waals surface area contributed by atoms with Crippen molar-refractivity contribution in [1.82, 2.24) is 0 Å². The Morgan fingerprint density at radius 2 is 2.11 bits per heavy atom. The Bertz CT molecular complexity index is 564. The first kappa shape index (κ1) is 12.9. The lowest BCUT2D eigenvalue weighted by molar-refractivity contribution is -0.116. The van der Waals surface area contributed by atoms with Crippen LogP contribution in [0.1, 0.15) is 42.1 Å². The molecule has 0 saturated heterocycles. The smallest absolute Gasteiger partial charge is 0.223 e. The average molecular weight is 322 g/mol. The highest BCUT2D eigenvalue weighted by Crippen LogP contribution is 2.37. The van der Waals surface area contributed by atoms with Gasteiger partial charge in [0, 0.05) is 35.6 Å². The van der Waals surface area contributed by atoms with E-state index >= 15 is 0 Å². The summed E-state index contributed by atoms with van der Waals surface area (Å²) in [5.41, 5.74) is 2.78. The van der Waals surface area contributed by atoms with Crippen LogP contribution in [0.25, 0.3) is 0 Å². The van der Waals surface area contributed by atoms with Crippen LogP contribution in [0.3, 0.4) is 0 Å². The van der Waals surface area contributed by atoms with Gasteiger partial charge in [-0.25, -0.2) is 0 Å². The Morgan fingerprint density at radius 3 is 2.74 bits per heavy atom. The molecule has 0 bridgehead atoms. The third kappa shape index (κ3) is 2.46. The Labute approximate surface area is 121 Å². The van der Waals surface area contributed by atoms with E-state index < -0.39 is 0 Å². The summed E-state index contributed by atoms with van der Waals surface area (Å²) in [6.07, 6.45) is 3.85. The van der Waals surface area contributed by atoms with Crippen molar-refractivity contribution in [2.24, 2.45) is 5.92 Å². The number of benzene rings is 1. The van der Waals surface area contributed by atoms with Crippen molar-refractivity contribution in [2.75, 3.05) is 11.4 Å². The van der Waals surface area contributed by atoms with E-state index in [0.29, 0.717) is 12.3 Å². The number of rotatable bonds is 3. The van der Waals surface area contributed by atoms with Crippen molar-refractivity contribution < 1.29 is 9.59 Å². The van der Waals surface area contributed by atoms with Gasteiger partial charge in [-0.3, -0.25) is 9.59 Å². The zero-order valence-electron chi connectivity index (χ0n) is 10.9. The maximum Gasteiger partial charge on any atom is 0.223 e. The molecule has 1 aromatic carbocycles. The molecule has 0 N–H and O–H groups in total. The summed E-state index contributed by atoms with van der Waals surface area (Å²) in [6.45, 7) is 2.29. The summed E-state index contributed by atoms with van der Waals surface area (Å²) in [6, 6.07) is 3.89. The second kappa shape index (κ2) is 4.75. The minimum absolute atomic E-state index is 0.0432. The molecule has 0 atom stereocenters. The maximum atomic E-state index is 12.3.